The van der Waals surface area contributed by atoms with E-state index in [4.69, 9.17) is 9.47 Å². The van der Waals surface area contributed by atoms with Gasteiger partial charge in [-0.3, -0.25) is 14.6 Å². The molecule has 3 heterocycles. The molecule has 0 N–H and O–H groups in total. The minimum atomic E-state index is -5.03. The van der Waals surface area contributed by atoms with Gasteiger partial charge in [-0.2, -0.15) is 31.3 Å². The van der Waals surface area contributed by atoms with Crippen LogP contribution in [-0.4, -0.2) is 46.9 Å². The first-order valence-electron chi connectivity index (χ1n) is 13.6. The number of pyridine rings is 1. The Kier molecular flexibility index (Phi) is 9.23. The van der Waals surface area contributed by atoms with Crippen molar-refractivity contribution in [1.82, 2.24) is 9.88 Å². The number of carbonyl (C=O) groups is 2. The summed E-state index contributed by atoms with van der Waals surface area (Å²) in [5.41, 5.74) is -2.31. The summed E-state index contributed by atoms with van der Waals surface area (Å²) < 4.78 is 90.4. The second-order valence-electron chi connectivity index (χ2n) is 10.3. The maximum Gasteiger partial charge on any atom is 0.416 e. The number of methoxy groups -OCH3 is 1. The molecule has 3 aromatic rings. The van der Waals surface area contributed by atoms with Gasteiger partial charge in [0.05, 0.1) is 23.1 Å². The van der Waals surface area contributed by atoms with Crippen molar-refractivity contribution in [3.63, 3.8) is 0 Å². The molecule has 1 unspecified atom stereocenters. The molecule has 1 atom stereocenters. The maximum atomic E-state index is 13.5. The number of alkyl halides is 6. The number of aromatic nitrogens is 1. The molecule has 0 aliphatic carbocycles. The highest BCUT2D eigenvalue weighted by molar-refractivity contribution is 8.18. The SMILES string of the molecule is COc1cc(/C=C2/SC(N3CCCC(C(=O)c4cccnc4)C3)=NC2=O)ccc1OCc1ccc(C(F)(F)F)cc1C(F)(F)F. The lowest BCUT2D eigenvalue weighted by atomic mass is 9.91. The number of rotatable bonds is 7. The average molecular weight is 650 g/mol. The third-order valence-electron chi connectivity index (χ3n) is 7.23. The van der Waals surface area contributed by atoms with Gasteiger partial charge in [0.25, 0.3) is 5.91 Å². The first-order chi connectivity index (χ1) is 21.3. The summed E-state index contributed by atoms with van der Waals surface area (Å²) in [5, 5.41) is 0.485. The predicted octanol–water partition coefficient (Wildman–Crippen LogP) is 7.27. The molecular weight excluding hydrogens is 624 g/mol. The van der Waals surface area contributed by atoms with Gasteiger partial charge < -0.3 is 14.4 Å². The Balaban J connectivity index is 1.27. The van der Waals surface area contributed by atoms with E-state index >= 15 is 0 Å². The number of hydrogen-bond acceptors (Lipinski definition) is 7. The van der Waals surface area contributed by atoms with E-state index in [1.807, 2.05) is 4.90 Å². The summed E-state index contributed by atoms with van der Waals surface area (Å²) in [6, 6.07) is 9.27. The van der Waals surface area contributed by atoms with Gasteiger partial charge in [-0.25, -0.2) is 0 Å². The number of likely N-dealkylation sites (tertiary alicyclic amines) is 1. The van der Waals surface area contributed by atoms with Gasteiger partial charge in [0.15, 0.2) is 22.4 Å². The number of Topliss-reactive ketones (excluding diaryl/α,β-unsaturated/α-hetero) is 1. The molecule has 0 saturated carbocycles. The van der Waals surface area contributed by atoms with Gasteiger partial charge in [-0.05, 0) is 72.6 Å². The van der Waals surface area contributed by atoms with Crippen molar-refractivity contribution in [1.29, 1.82) is 0 Å². The molecule has 0 spiro atoms. The Morgan fingerprint density at radius 1 is 1.07 bits per heavy atom. The van der Waals surface area contributed by atoms with Crippen LogP contribution in [-0.2, 0) is 23.8 Å². The molecule has 0 radical (unpaired) electrons. The molecule has 236 valence electrons. The van der Waals surface area contributed by atoms with Gasteiger partial charge in [0.2, 0.25) is 0 Å². The number of piperidine rings is 1. The summed E-state index contributed by atoms with van der Waals surface area (Å²) in [7, 11) is 1.31. The van der Waals surface area contributed by atoms with E-state index in [9.17, 15) is 35.9 Å². The lowest BCUT2D eigenvalue weighted by molar-refractivity contribution is -0.143. The minimum absolute atomic E-state index is 0.0131. The normalized spacial score (nSPS) is 18.2. The molecular formula is C31H25F6N3O4S. The second kappa shape index (κ2) is 13.0. The molecule has 1 aromatic heterocycles. The highest BCUT2D eigenvalue weighted by Crippen LogP contribution is 2.39. The number of ketones is 1. The number of halogens is 6. The Labute approximate surface area is 257 Å². The number of carbonyl (C=O) groups excluding carboxylic acids is 2. The summed E-state index contributed by atoms with van der Waals surface area (Å²) in [6.45, 7) is 0.377. The minimum Gasteiger partial charge on any atom is -0.493 e. The standard InChI is InChI=1S/C31H25F6N3O4S/c1-43-25-12-18(6-9-24(25)44-17-21-7-8-22(30(32,33)34)14-23(21)31(35,36)37)13-26-28(42)39-29(45-26)40-11-3-5-20(16-40)27(41)19-4-2-10-38-15-19/h2,4,6-10,12-15,20H,3,5,11,16-17H2,1H3/b26-13+. The Bertz CT molecular complexity index is 1660. The van der Waals surface area contributed by atoms with Crippen LogP contribution in [0.2, 0.25) is 0 Å². The number of aliphatic imine (C=N–C) groups is 1. The molecule has 14 heteroatoms. The number of amides is 1. The van der Waals surface area contributed by atoms with Gasteiger partial charge in [-0.1, -0.05) is 12.1 Å². The molecule has 0 bridgehead atoms. The summed E-state index contributed by atoms with van der Waals surface area (Å²) >= 11 is 1.17. The van der Waals surface area contributed by atoms with Crippen LogP contribution in [0.1, 0.15) is 45.5 Å². The van der Waals surface area contributed by atoms with E-state index in [1.165, 1.54) is 37.2 Å². The molecule has 1 fully saturated rings. The lowest BCUT2D eigenvalue weighted by Gasteiger charge is -2.32. The number of nitrogens with zero attached hydrogens (tertiary/aromatic N) is 3. The van der Waals surface area contributed by atoms with Crippen LogP contribution in [0.25, 0.3) is 6.08 Å². The predicted molar refractivity (Wildman–Crippen MR) is 155 cm³/mol. The monoisotopic (exact) mass is 649 g/mol. The van der Waals surface area contributed by atoms with Crippen molar-refractivity contribution < 1.29 is 45.4 Å². The number of ether oxygens (including phenoxy) is 2. The van der Waals surface area contributed by atoms with Crippen LogP contribution >= 0.6 is 11.8 Å². The first kappa shape index (κ1) is 32.1. The van der Waals surface area contributed by atoms with Crippen LogP contribution in [0.3, 0.4) is 0 Å². The molecule has 7 nitrogen and oxygen atoms in total. The van der Waals surface area contributed by atoms with E-state index in [2.05, 4.69) is 9.98 Å². The van der Waals surface area contributed by atoms with E-state index in [1.54, 1.807) is 30.5 Å². The zero-order valence-electron chi connectivity index (χ0n) is 23.6. The molecule has 1 saturated heterocycles. The van der Waals surface area contributed by atoms with E-state index in [0.717, 1.165) is 12.5 Å². The van der Waals surface area contributed by atoms with Crippen molar-refractivity contribution in [3.8, 4) is 11.5 Å². The first-order valence-corrected chi connectivity index (χ1v) is 14.4. The largest absolute Gasteiger partial charge is 0.493 e. The van der Waals surface area contributed by atoms with Gasteiger partial charge in [0.1, 0.15) is 6.61 Å². The van der Waals surface area contributed by atoms with Gasteiger partial charge >= 0.3 is 12.4 Å². The Hall–Kier alpha value is -4.33. The summed E-state index contributed by atoms with van der Waals surface area (Å²) in [5.74, 6) is -0.555. The number of thioether (sulfide) groups is 1. The van der Waals surface area contributed by atoms with Crippen molar-refractivity contribution in [3.05, 3.63) is 93.6 Å². The highest BCUT2D eigenvalue weighted by atomic mass is 32.2. The van der Waals surface area contributed by atoms with E-state index in [-0.39, 0.29) is 29.3 Å². The average Bonchev–Trinajstić information content (AvgIpc) is 3.39. The van der Waals surface area contributed by atoms with Crippen LogP contribution in [0, 0.1) is 5.92 Å². The summed E-state index contributed by atoms with van der Waals surface area (Å²) in [6.07, 6.45) is -3.80. The fraction of sp³-hybridized carbons (Fsp3) is 0.290. The van der Waals surface area contributed by atoms with Crippen LogP contribution in [0.5, 0.6) is 11.5 Å². The topological polar surface area (TPSA) is 81.1 Å². The van der Waals surface area contributed by atoms with Crippen LogP contribution < -0.4 is 9.47 Å². The molecule has 1 amide bonds. The van der Waals surface area contributed by atoms with Crippen molar-refractivity contribution >= 4 is 34.7 Å². The zero-order chi connectivity index (χ0) is 32.4. The molecule has 2 aromatic carbocycles. The Morgan fingerprint density at radius 2 is 1.87 bits per heavy atom. The molecule has 2 aliphatic rings. The van der Waals surface area contributed by atoms with Crippen LogP contribution in [0.15, 0.2) is 70.8 Å². The molecule has 2 aliphatic heterocycles. The van der Waals surface area contributed by atoms with Gasteiger partial charge in [0, 0.05) is 42.5 Å². The third kappa shape index (κ3) is 7.49. The van der Waals surface area contributed by atoms with Crippen LogP contribution in [0.4, 0.5) is 26.3 Å². The van der Waals surface area contributed by atoms with Crippen molar-refractivity contribution in [2.24, 2.45) is 10.9 Å². The fourth-order valence-electron chi connectivity index (χ4n) is 4.98. The number of benzene rings is 2. The van der Waals surface area contributed by atoms with Crippen molar-refractivity contribution in [2.45, 2.75) is 31.8 Å². The molecule has 5 rings (SSSR count). The zero-order valence-corrected chi connectivity index (χ0v) is 24.4. The quantitative estimate of drug-likeness (QED) is 0.151. The number of amidine groups is 1. The fourth-order valence-corrected chi connectivity index (χ4v) is 5.93. The molecule has 45 heavy (non-hydrogen) atoms. The van der Waals surface area contributed by atoms with Gasteiger partial charge in [-0.15, -0.1) is 0 Å². The lowest BCUT2D eigenvalue weighted by Crippen LogP contribution is -2.40. The Morgan fingerprint density at radius 3 is 2.56 bits per heavy atom. The highest BCUT2D eigenvalue weighted by Gasteiger charge is 2.38. The van der Waals surface area contributed by atoms with E-state index in [0.29, 0.717) is 46.8 Å². The second-order valence-corrected chi connectivity index (χ2v) is 11.3. The summed E-state index contributed by atoms with van der Waals surface area (Å²) in [4.78, 5) is 36.1. The number of hydrogen-bond donors (Lipinski definition) is 0. The van der Waals surface area contributed by atoms with Crippen molar-refractivity contribution in [2.75, 3.05) is 20.2 Å². The maximum absolute atomic E-state index is 13.5. The third-order valence-corrected chi connectivity index (χ3v) is 8.27. The smallest absolute Gasteiger partial charge is 0.416 e. The van der Waals surface area contributed by atoms with E-state index < -0.39 is 41.6 Å².